The second-order valence-corrected chi connectivity index (χ2v) is 6.66. The van der Waals surface area contributed by atoms with Gasteiger partial charge < -0.3 is 20.3 Å². The van der Waals surface area contributed by atoms with Gasteiger partial charge in [0.1, 0.15) is 12.4 Å². The summed E-state index contributed by atoms with van der Waals surface area (Å²) in [5.41, 5.74) is 1.76. The van der Waals surface area contributed by atoms with E-state index in [1.165, 1.54) is 0 Å². The van der Waals surface area contributed by atoms with Crippen molar-refractivity contribution in [2.45, 2.75) is 6.42 Å². The molecule has 2 aromatic rings. The molecule has 0 spiro atoms. The fourth-order valence-corrected chi connectivity index (χ4v) is 2.78. The molecule has 0 atom stereocenters. The van der Waals surface area contributed by atoms with Crippen LogP contribution in [0.25, 0.3) is 0 Å². The number of guanidine groups is 1. The summed E-state index contributed by atoms with van der Waals surface area (Å²) in [6.45, 7) is 1.94. The van der Waals surface area contributed by atoms with Crippen molar-refractivity contribution in [3.63, 3.8) is 0 Å². The lowest BCUT2D eigenvalue weighted by molar-refractivity contribution is 0.0963. The zero-order chi connectivity index (χ0) is 20.4. The average Bonchev–Trinajstić information content (AvgIpc) is 2.72. The van der Waals surface area contributed by atoms with Crippen LogP contribution < -0.4 is 15.4 Å². The molecule has 0 aliphatic heterocycles. The molecule has 0 aromatic heterocycles. The highest BCUT2D eigenvalue weighted by molar-refractivity contribution is 6.30. The summed E-state index contributed by atoms with van der Waals surface area (Å²) in [6.07, 6.45) is 0.791. The lowest BCUT2D eigenvalue weighted by atomic mass is 10.1. The molecule has 150 valence electrons. The average molecular weight is 403 g/mol. The molecule has 0 saturated carbocycles. The Morgan fingerprint density at radius 2 is 1.96 bits per heavy atom. The molecule has 0 fully saturated rings. The quantitative estimate of drug-likeness (QED) is 0.526. The number of rotatable bonds is 8. The highest BCUT2D eigenvalue weighted by Crippen LogP contribution is 2.15. The van der Waals surface area contributed by atoms with E-state index in [0.29, 0.717) is 30.3 Å². The number of amides is 1. The predicted octanol–water partition coefficient (Wildman–Crippen LogP) is 2.83. The molecule has 2 aromatic carbocycles. The van der Waals surface area contributed by atoms with Crippen molar-refractivity contribution >= 4 is 23.5 Å². The maximum absolute atomic E-state index is 11.7. The second-order valence-electron chi connectivity index (χ2n) is 6.23. The molecule has 0 aliphatic carbocycles. The van der Waals surface area contributed by atoms with Crippen LogP contribution >= 0.6 is 11.6 Å². The Morgan fingerprint density at radius 3 is 2.64 bits per heavy atom. The number of likely N-dealkylation sites (N-methyl/N-ethyl adjacent to an activating group) is 1. The van der Waals surface area contributed by atoms with Crippen LogP contribution in [0.15, 0.2) is 53.5 Å². The van der Waals surface area contributed by atoms with Crippen molar-refractivity contribution in [1.29, 1.82) is 0 Å². The topological polar surface area (TPSA) is 66.0 Å². The summed E-state index contributed by atoms with van der Waals surface area (Å²) in [7, 11) is 5.35. The van der Waals surface area contributed by atoms with Gasteiger partial charge in [0.25, 0.3) is 5.91 Å². The van der Waals surface area contributed by atoms with Crippen LogP contribution in [0, 0.1) is 0 Å². The van der Waals surface area contributed by atoms with Crippen LogP contribution in [-0.2, 0) is 6.42 Å². The monoisotopic (exact) mass is 402 g/mol. The first-order valence-electron chi connectivity index (χ1n) is 9.14. The van der Waals surface area contributed by atoms with Crippen LogP contribution in [0.2, 0.25) is 5.02 Å². The Hall–Kier alpha value is -2.73. The fraction of sp³-hybridized carbons (Fsp3) is 0.333. The zero-order valence-electron chi connectivity index (χ0n) is 16.5. The smallest absolute Gasteiger partial charge is 0.251 e. The summed E-state index contributed by atoms with van der Waals surface area (Å²) >= 11 is 5.87. The van der Waals surface area contributed by atoms with Gasteiger partial charge in [0, 0.05) is 38.3 Å². The molecule has 1 amide bonds. The number of nitrogens with zero attached hydrogens (tertiary/aromatic N) is 2. The number of hydrogen-bond acceptors (Lipinski definition) is 3. The van der Waals surface area contributed by atoms with Crippen molar-refractivity contribution in [1.82, 2.24) is 15.5 Å². The maximum Gasteiger partial charge on any atom is 0.251 e. The molecule has 0 radical (unpaired) electrons. The number of aliphatic imine (C=N–C) groups is 1. The van der Waals surface area contributed by atoms with Gasteiger partial charge in [0.2, 0.25) is 0 Å². The zero-order valence-corrected chi connectivity index (χ0v) is 17.3. The van der Waals surface area contributed by atoms with Crippen molar-refractivity contribution in [3.05, 3.63) is 64.7 Å². The van der Waals surface area contributed by atoms with Gasteiger partial charge >= 0.3 is 0 Å². The van der Waals surface area contributed by atoms with E-state index in [-0.39, 0.29) is 5.91 Å². The molecule has 2 N–H and O–H groups in total. The van der Waals surface area contributed by atoms with Crippen LogP contribution in [0.3, 0.4) is 0 Å². The fourth-order valence-electron chi connectivity index (χ4n) is 2.65. The first kappa shape index (κ1) is 21.6. The largest absolute Gasteiger partial charge is 0.492 e. The van der Waals surface area contributed by atoms with Gasteiger partial charge in [-0.2, -0.15) is 0 Å². The molecule has 7 heteroatoms. The van der Waals surface area contributed by atoms with Crippen molar-refractivity contribution in [2.75, 3.05) is 40.8 Å². The number of carbonyl (C=O) groups excluding carboxylic acids is 1. The molecule has 0 saturated heterocycles. The lowest BCUT2D eigenvalue weighted by Crippen LogP contribution is -2.41. The number of ether oxygens (including phenoxy) is 1. The molecular weight excluding hydrogens is 376 g/mol. The van der Waals surface area contributed by atoms with Crippen LogP contribution in [0.1, 0.15) is 15.9 Å². The van der Waals surface area contributed by atoms with E-state index < -0.39 is 0 Å². The first-order chi connectivity index (χ1) is 13.5. The van der Waals surface area contributed by atoms with E-state index >= 15 is 0 Å². The lowest BCUT2D eigenvalue weighted by Gasteiger charge is -2.22. The molecule has 0 bridgehead atoms. The molecule has 0 aliphatic rings. The normalized spacial score (nSPS) is 11.1. The van der Waals surface area contributed by atoms with Crippen LogP contribution in [-0.4, -0.2) is 57.6 Å². The highest BCUT2D eigenvalue weighted by Gasteiger charge is 2.07. The van der Waals surface area contributed by atoms with E-state index in [1.807, 2.05) is 48.3 Å². The molecular formula is C21H27ClN4O2. The third-order valence-corrected chi connectivity index (χ3v) is 4.45. The Bertz CT molecular complexity index is 793. The van der Waals surface area contributed by atoms with Crippen LogP contribution in [0.5, 0.6) is 5.75 Å². The number of nitrogens with one attached hydrogen (secondary N) is 2. The molecule has 2 rings (SSSR count). The van der Waals surface area contributed by atoms with E-state index in [4.69, 9.17) is 16.3 Å². The van der Waals surface area contributed by atoms with E-state index in [9.17, 15) is 4.79 Å². The summed E-state index contributed by atoms with van der Waals surface area (Å²) < 4.78 is 5.73. The van der Waals surface area contributed by atoms with Crippen molar-refractivity contribution < 1.29 is 9.53 Å². The molecule has 28 heavy (non-hydrogen) atoms. The number of hydrogen-bond donors (Lipinski definition) is 2. The minimum Gasteiger partial charge on any atom is -0.492 e. The van der Waals surface area contributed by atoms with Crippen molar-refractivity contribution in [2.24, 2.45) is 4.99 Å². The number of halogens is 1. The molecule has 0 heterocycles. The summed E-state index contributed by atoms with van der Waals surface area (Å²) in [5.74, 6) is 1.50. The Kier molecular flexibility index (Phi) is 8.62. The Labute approximate surface area is 171 Å². The summed E-state index contributed by atoms with van der Waals surface area (Å²) in [4.78, 5) is 18.1. The molecule has 6 nitrogen and oxygen atoms in total. The van der Waals surface area contributed by atoms with Gasteiger partial charge in [0.05, 0.1) is 6.54 Å². The Balaban J connectivity index is 1.77. The van der Waals surface area contributed by atoms with Gasteiger partial charge in [-0.15, -0.1) is 0 Å². The number of benzene rings is 2. The van der Waals surface area contributed by atoms with Gasteiger partial charge in [-0.1, -0.05) is 23.7 Å². The minimum absolute atomic E-state index is 0.0777. The standard InChI is InChI=1S/C21H27ClN4O2/c1-23-20(27)17-6-4-5-16(15-17)11-12-25-21(24-2)26(3)13-14-28-19-9-7-18(22)8-10-19/h4-10,15H,11-14H2,1-3H3,(H,23,27)(H,24,25). The van der Waals surface area contributed by atoms with E-state index in [0.717, 1.165) is 23.7 Å². The van der Waals surface area contributed by atoms with Crippen molar-refractivity contribution in [3.8, 4) is 5.75 Å². The highest BCUT2D eigenvalue weighted by atomic mass is 35.5. The van der Waals surface area contributed by atoms with Gasteiger partial charge in [-0.3, -0.25) is 9.79 Å². The van der Waals surface area contributed by atoms with E-state index in [2.05, 4.69) is 15.6 Å². The summed E-state index contributed by atoms with van der Waals surface area (Å²) in [6, 6.07) is 14.9. The third kappa shape index (κ3) is 6.78. The van der Waals surface area contributed by atoms with E-state index in [1.54, 1.807) is 26.2 Å². The van der Waals surface area contributed by atoms with Crippen LogP contribution in [0.4, 0.5) is 0 Å². The van der Waals surface area contributed by atoms with Gasteiger partial charge in [-0.05, 0) is 48.4 Å². The minimum atomic E-state index is -0.0777. The second kappa shape index (κ2) is 11.2. The Morgan fingerprint density at radius 1 is 1.21 bits per heavy atom. The van der Waals surface area contributed by atoms with Gasteiger partial charge in [0.15, 0.2) is 5.96 Å². The van der Waals surface area contributed by atoms with Gasteiger partial charge in [-0.25, -0.2) is 0 Å². The first-order valence-corrected chi connectivity index (χ1v) is 9.52. The maximum atomic E-state index is 11.7. The SMILES string of the molecule is CN=C(NCCc1cccc(C(=O)NC)c1)N(C)CCOc1ccc(Cl)cc1. The number of carbonyl (C=O) groups is 1. The third-order valence-electron chi connectivity index (χ3n) is 4.20. The predicted molar refractivity (Wildman–Crippen MR) is 114 cm³/mol. The summed E-state index contributed by atoms with van der Waals surface area (Å²) in [5, 5.41) is 6.67. The molecule has 0 unspecified atom stereocenters.